The van der Waals surface area contributed by atoms with Gasteiger partial charge in [0.1, 0.15) is 0 Å². The highest BCUT2D eigenvalue weighted by Crippen LogP contribution is 2.40. The van der Waals surface area contributed by atoms with Crippen LogP contribution < -0.4 is 0 Å². The Bertz CT molecular complexity index is 733. The molecule has 0 unspecified atom stereocenters. The van der Waals surface area contributed by atoms with Crippen LogP contribution in [0.15, 0.2) is 36.9 Å². The fourth-order valence-electron chi connectivity index (χ4n) is 4.26. The molecule has 0 radical (unpaired) electrons. The summed E-state index contributed by atoms with van der Waals surface area (Å²) >= 11 is 0. The van der Waals surface area contributed by atoms with Gasteiger partial charge in [-0.15, -0.1) is 0 Å². The number of carbonyl (C=O) groups is 1. The molecular weight excluding hydrogens is 314 g/mol. The number of carbonyl (C=O) groups excluding carboxylic acids is 1. The lowest BCUT2D eigenvalue weighted by molar-refractivity contribution is -0.133. The molecule has 2 fully saturated rings. The van der Waals surface area contributed by atoms with Crippen molar-refractivity contribution in [2.24, 2.45) is 7.05 Å². The fraction of sp³-hybridized carbons (Fsp3) is 0.526. The molecule has 1 spiro atoms. The largest absolute Gasteiger partial charge is 0.333 e. The molecule has 2 saturated heterocycles. The Morgan fingerprint density at radius 3 is 2.64 bits per heavy atom. The van der Waals surface area contributed by atoms with Crippen LogP contribution in [0.3, 0.4) is 0 Å². The molecule has 0 saturated carbocycles. The Morgan fingerprint density at radius 1 is 1.12 bits per heavy atom. The van der Waals surface area contributed by atoms with Crippen LogP contribution in [0.25, 0.3) is 0 Å². The zero-order valence-electron chi connectivity index (χ0n) is 14.8. The van der Waals surface area contributed by atoms with Crippen LogP contribution in [0.5, 0.6) is 0 Å². The number of hydrogen-bond donors (Lipinski definition) is 0. The summed E-state index contributed by atoms with van der Waals surface area (Å²) in [5, 5.41) is 4.25. The van der Waals surface area contributed by atoms with Crippen molar-refractivity contribution >= 4 is 5.91 Å². The molecule has 4 heterocycles. The van der Waals surface area contributed by atoms with Gasteiger partial charge in [-0.3, -0.25) is 19.4 Å². The van der Waals surface area contributed by atoms with E-state index in [4.69, 9.17) is 0 Å². The molecule has 0 aliphatic carbocycles. The summed E-state index contributed by atoms with van der Waals surface area (Å²) in [6, 6.07) is 4.00. The van der Waals surface area contributed by atoms with Gasteiger partial charge in [0.25, 0.3) is 0 Å². The molecule has 25 heavy (non-hydrogen) atoms. The first-order valence-electron chi connectivity index (χ1n) is 9.04. The highest BCUT2D eigenvalue weighted by Gasteiger charge is 2.46. The van der Waals surface area contributed by atoms with Gasteiger partial charge in [-0.05, 0) is 30.9 Å². The van der Waals surface area contributed by atoms with Crippen LogP contribution in [0.4, 0.5) is 0 Å². The van der Waals surface area contributed by atoms with Crippen molar-refractivity contribution in [3.05, 3.63) is 48.0 Å². The van der Waals surface area contributed by atoms with E-state index in [1.165, 1.54) is 5.56 Å². The zero-order valence-corrected chi connectivity index (χ0v) is 14.8. The molecular formula is C19H25N5O. The van der Waals surface area contributed by atoms with E-state index in [0.29, 0.717) is 18.9 Å². The van der Waals surface area contributed by atoms with Gasteiger partial charge in [-0.25, -0.2) is 0 Å². The Hall–Kier alpha value is -2.21. The van der Waals surface area contributed by atoms with E-state index in [1.54, 1.807) is 6.20 Å². The van der Waals surface area contributed by atoms with Gasteiger partial charge in [-0.2, -0.15) is 5.10 Å². The number of nitrogens with zero attached hydrogens (tertiary/aromatic N) is 5. The molecule has 4 rings (SSSR count). The van der Waals surface area contributed by atoms with Gasteiger partial charge in [0.05, 0.1) is 6.20 Å². The van der Waals surface area contributed by atoms with Gasteiger partial charge in [0.2, 0.25) is 5.91 Å². The zero-order chi connectivity index (χ0) is 17.3. The van der Waals surface area contributed by atoms with Crippen molar-refractivity contribution < 1.29 is 4.79 Å². The maximum atomic E-state index is 12.5. The lowest BCUT2D eigenvalue weighted by atomic mass is 9.84. The van der Waals surface area contributed by atoms with Crippen LogP contribution in [-0.2, 0) is 24.9 Å². The van der Waals surface area contributed by atoms with Gasteiger partial charge < -0.3 is 4.90 Å². The lowest BCUT2D eigenvalue weighted by Crippen LogP contribution is -2.52. The minimum Gasteiger partial charge on any atom is -0.333 e. The number of pyridine rings is 1. The molecule has 2 aliphatic rings. The summed E-state index contributed by atoms with van der Waals surface area (Å²) in [6.07, 6.45) is 11.5. The Balaban J connectivity index is 1.42. The van der Waals surface area contributed by atoms with Crippen LogP contribution in [-0.4, -0.2) is 49.1 Å². The topological polar surface area (TPSA) is 54.3 Å². The second kappa shape index (κ2) is 6.59. The van der Waals surface area contributed by atoms with E-state index in [1.807, 2.05) is 30.2 Å². The molecule has 2 aliphatic heterocycles. The van der Waals surface area contributed by atoms with Crippen molar-refractivity contribution in [3.63, 3.8) is 0 Å². The standard InChI is InChI=1S/C19H25N5O/c1-22-13-17(12-21-22)14-23-9-6-19(7-10-23)5-4-18(25)24(19)15-16-3-2-8-20-11-16/h2-3,8,11-13H,4-7,9-10,14-15H2,1H3. The summed E-state index contributed by atoms with van der Waals surface area (Å²) in [5.74, 6) is 0.296. The van der Waals surface area contributed by atoms with E-state index >= 15 is 0 Å². The predicted molar refractivity (Wildman–Crippen MR) is 94.5 cm³/mol. The van der Waals surface area contributed by atoms with Crippen molar-refractivity contribution in [1.29, 1.82) is 0 Å². The lowest BCUT2D eigenvalue weighted by Gasteiger charge is -2.45. The smallest absolute Gasteiger partial charge is 0.223 e. The number of amides is 1. The van der Waals surface area contributed by atoms with E-state index in [-0.39, 0.29) is 5.54 Å². The monoisotopic (exact) mass is 339 g/mol. The maximum absolute atomic E-state index is 12.5. The molecule has 2 aromatic rings. The number of aryl methyl sites for hydroxylation is 1. The van der Waals surface area contributed by atoms with Gasteiger partial charge in [0.15, 0.2) is 0 Å². The molecule has 6 heteroatoms. The quantitative estimate of drug-likeness (QED) is 0.855. The minimum atomic E-state index is 0.0400. The highest BCUT2D eigenvalue weighted by molar-refractivity contribution is 5.79. The third-order valence-corrected chi connectivity index (χ3v) is 5.69. The average molecular weight is 339 g/mol. The van der Waals surface area contributed by atoms with Gasteiger partial charge in [0, 0.05) is 69.3 Å². The van der Waals surface area contributed by atoms with E-state index in [0.717, 1.165) is 44.5 Å². The first-order valence-corrected chi connectivity index (χ1v) is 9.04. The van der Waals surface area contributed by atoms with Crippen molar-refractivity contribution in [1.82, 2.24) is 24.6 Å². The van der Waals surface area contributed by atoms with Crippen molar-refractivity contribution in [2.45, 2.75) is 44.3 Å². The minimum absolute atomic E-state index is 0.0400. The number of hydrogen-bond acceptors (Lipinski definition) is 4. The second-order valence-corrected chi connectivity index (χ2v) is 7.36. The maximum Gasteiger partial charge on any atom is 0.223 e. The average Bonchev–Trinajstić information content (AvgIpc) is 3.17. The molecule has 0 atom stereocenters. The highest BCUT2D eigenvalue weighted by atomic mass is 16.2. The molecule has 0 aromatic carbocycles. The molecule has 2 aromatic heterocycles. The fourth-order valence-corrected chi connectivity index (χ4v) is 4.26. The van der Waals surface area contributed by atoms with E-state index < -0.39 is 0 Å². The number of likely N-dealkylation sites (tertiary alicyclic amines) is 2. The van der Waals surface area contributed by atoms with Crippen LogP contribution in [0.1, 0.15) is 36.8 Å². The van der Waals surface area contributed by atoms with Crippen molar-refractivity contribution in [2.75, 3.05) is 13.1 Å². The van der Waals surface area contributed by atoms with Gasteiger partial charge >= 0.3 is 0 Å². The molecule has 0 N–H and O–H groups in total. The predicted octanol–water partition coefficient (Wildman–Crippen LogP) is 1.97. The summed E-state index contributed by atoms with van der Waals surface area (Å²) in [7, 11) is 1.95. The summed E-state index contributed by atoms with van der Waals surface area (Å²) in [4.78, 5) is 21.3. The molecule has 1 amide bonds. The van der Waals surface area contributed by atoms with E-state index in [2.05, 4.69) is 32.1 Å². The number of aromatic nitrogens is 3. The van der Waals surface area contributed by atoms with Gasteiger partial charge in [-0.1, -0.05) is 6.07 Å². The number of rotatable bonds is 4. The third kappa shape index (κ3) is 3.31. The Kier molecular flexibility index (Phi) is 4.29. The van der Waals surface area contributed by atoms with Crippen LogP contribution in [0.2, 0.25) is 0 Å². The molecule has 0 bridgehead atoms. The Labute approximate surface area is 148 Å². The van der Waals surface area contributed by atoms with Crippen LogP contribution >= 0.6 is 0 Å². The third-order valence-electron chi connectivity index (χ3n) is 5.69. The van der Waals surface area contributed by atoms with Crippen molar-refractivity contribution in [3.8, 4) is 0 Å². The van der Waals surface area contributed by atoms with Crippen LogP contribution in [0, 0.1) is 0 Å². The van der Waals surface area contributed by atoms with E-state index in [9.17, 15) is 4.79 Å². The molecule has 132 valence electrons. The normalized spacial score (nSPS) is 20.5. The number of piperidine rings is 1. The first kappa shape index (κ1) is 16.3. The Morgan fingerprint density at radius 2 is 1.96 bits per heavy atom. The summed E-state index contributed by atoms with van der Waals surface area (Å²) in [5.41, 5.74) is 2.42. The summed E-state index contributed by atoms with van der Waals surface area (Å²) in [6.45, 7) is 3.70. The molecule has 6 nitrogen and oxygen atoms in total. The second-order valence-electron chi connectivity index (χ2n) is 7.36. The summed E-state index contributed by atoms with van der Waals surface area (Å²) < 4.78 is 1.85. The first-order chi connectivity index (χ1) is 12.1. The SMILES string of the molecule is Cn1cc(CN2CCC3(CCC(=O)N3Cc3cccnc3)CC2)cn1.